The third-order valence-corrected chi connectivity index (χ3v) is 7.60. The van der Waals surface area contributed by atoms with Gasteiger partial charge in [-0.05, 0) is 73.5 Å². The van der Waals surface area contributed by atoms with Crippen LogP contribution in [0.5, 0.6) is 0 Å². The Morgan fingerprint density at radius 3 is 2.25 bits per heavy atom. The largest absolute Gasteiger partial charge is 0.352 e. The number of carbonyl (C=O) groups is 1. The number of nitrogens with one attached hydrogen (secondary N) is 1. The van der Waals surface area contributed by atoms with Gasteiger partial charge in [-0.2, -0.15) is 0 Å². The quantitative estimate of drug-likeness (QED) is 0.332. The first kappa shape index (κ1) is 24.3. The van der Waals surface area contributed by atoms with Gasteiger partial charge in [0.2, 0.25) is 5.91 Å². The molecule has 0 saturated carbocycles. The number of para-hydroxylation sites is 1. The van der Waals surface area contributed by atoms with Crippen LogP contribution in [0.25, 0.3) is 10.9 Å². The molecule has 4 heteroatoms. The topological polar surface area (TPSA) is 37.3 Å². The van der Waals surface area contributed by atoms with Gasteiger partial charge in [0.15, 0.2) is 0 Å². The van der Waals surface area contributed by atoms with E-state index in [1.165, 1.54) is 38.9 Å². The second-order valence-corrected chi connectivity index (χ2v) is 10.2. The molecular weight excluding hydrogens is 442 g/mol. The van der Waals surface area contributed by atoms with Crippen molar-refractivity contribution in [2.24, 2.45) is 5.92 Å². The Morgan fingerprint density at radius 2 is 1.53 bits per heavy atom. The van der Waals surface area contributed by atoms with Crippen molar-refractivity contribution in [3.63, 3.8) is 0 Å². The predicted octanol–water partition coefficient (Wildman–Crippen LogP) is 6.09. The molecule has 4 nitrogen and oxygen atoms in total. The smallest absolute Gasteiger partial charge is 0.223 e. The van der Waals surface area contributed by atoms with Crippen LogP contribution >= 0.6 is 0 Å². The summed E-state index contributed by atoms with van der Waals surface area (Å²) >= 11 is 0. The fraction of sp³-hybridized carbons (Fsp3) is 0.344. The van der Waals surface area contributed by atoms with Crippen LogP contribution in [0.15, 0.2) is 78.9 Å². The first-order chi connectivity index (χ1) is 17.6. The molecule has 4 aromatic rings. The third kappa shape index (κ3) is 5.71. The van der Waals surface area contributed by atoms with Crippen LogP contribution in [0, 0.1) is 12.8 Å². The molecule has 3 aromatic carbocycles. The highest BCUT2D eigenvalue weighted by Gasteiger charge is 2.25. The minimum atomic E-state index is 0.106. The van der Waals surface area contributed by atoms with Crippen LogP contribution in [0.4, 0.5) is 0 Å². The van der Waals surface area contributed by atoms with Crippen LogP contribution in [-0.2, 0) is 30.8 Å². The molecule has 1 aliphatic heterocycles. The van der Waals surface area contributed by atoms with Gasteiger partial charge in [0.25, 0.3) is 0 Å². The molecule has 1 saturated heterocycles. The second kappa shape index (κ2) is 11.1. The SMILES string of the molecule is CCc1ccc(CNC(=O)C2CCN(Cc3cc4ccccc4n3Cc3ccc(C)cc3)CC2)cc1. The summed E-state index contributed by atoms with van der Waals surface area (Å²) < 4.78 is 2.46. The second-order valence-electron chi connectivity index (χ2n) is 10.2. The maximum atomic E-state index is 12.8. The molecule has 0 unspecified atom stereocenters. The Balaban J connectivity index is 1.19. The lowest BCUT2D eigenvalue weighted by molar-refractivity contribution is -0.126. The summed E-state index contributed by atoms with van der Waals surface area (Å²) in [5, 5.41) is 4.46. The van der Waals surface area contributed by atoms with E-state index in [2.05, 4.69) is 107 Å². The van der Waals surface area contributed by atoms with Crippen molar-refractivity contribution in [2.75, 3.05) is 13.1 Å². The van der Waals surface area contributed by atoms with E-state index in [0.717, 1.165) is 45.4 Å². The molecule has 0 aliphatic carbocycles. The zero-order valence-electron chi connectivity index (χ0n) is 21.5. The summed E-state index contributed by atoms with van der Waals surface area (Å²) in [7, 11) is 0. The van der Waals surface area contributed by atoms with Crippen molar-refractivity contribution < 1.29 is 4.79 Å². The highest BCUT2D eigenvalue weighted by molar-refractivity contribution is 5.81. The fourth-order valence-corrected chi connectivity index (χ4v) is 5.27. The van der Waals surface area contributed by atoms with E-state index in [1.807, 2.05) is 0 Å². The van der Waals surface area contributed by atoms with E-state index in [9.17, 15) is 4.79 Å². The highest BCUT2D eigenvalue weighted by Crippen LogP contribution is 2.25. The molecule has 1 aromatic heterocycles. The van der Waals surface area contributed by atoms with E-state index in [1.54, 1.807) is 0 Å². The zero-order chi connectivity index (χ0) is 24.9. The number of hydrogen-bond acceptors (Lipinski definition) is 2. The standard InChI is InChI=1S/C32H37N3O/c1-3-25-12-14-26(15-13-25)21-33-32(36)28-16-18-34(19-17-28)23-30-20-29-6-4-5-7-31(29)35(30)22-27-10-8-24(2)9-11-27/h4-15,20,28H,3,16-19,21-23H2,1-2H3,(H,33,36). The third-order valence-electron chi connectivity index (χ3n) is 7.60. The number of carbonyl (C=O) groups excluding carboxylic acids is 1. The van der Waals surface area contributed by atoms with Crippen LogP contribution < -0.4 is 5.32 Å². The molecule has 1 amide bonds. The molecule has 1 N–H and O–H groups in total. The number of benzene rings is 3. The van der Waals surface area contributed by atoms with E-state index in [4.69, 9.17) is 0 Å². The summed E-state index contributed by atoms with van der Waals surface area (Å²) in [5.41, 5.74) is 7.74. The van der Waals surface area contributed by atoms with Crippen LogP contribution in [-0.4, -0.2) is 28.5 Å². The van der Waals surface area contributed by atoms with Gasteiger partial charge in [-0.1, -0.05) is 79.2 Å². The monoisotopic (exact) mass is 479 g/mol. The highest BCUT2D eigenvalue weighted by atomic mass is 16.1. The normalized spacial score (nSPS) is 14.8. The van der Waals surface area contributed by atoms with E-state index >= 15 is 0 Å². The van der Waals surface area contributed by atoms with Gasteiger partial charge >= 0.3 is 0 Å². The number of fused-ring (bicyclic) bond motifs is 1. The minimum absolute atomic E-state index is 0.106. The molecule has 186 valence electrons. The van der Waals surface area contributed by atoms with Crippen molar-refractivity contribution in [3.8, 4) is 0 Å². The molecular formula is C32H37N3O. The van der Waals surface area contributed by atoms with Gasteiger partial charge < -0.3 is 9.88 Å². The lowest BCUT2D eigenvalue weighted by Gasteiger charge is -2.31. The number of nitrogens with zero attached hydrogens (tertiary/aromatic N) is 2. The summed E-state index contributed by atoms with van der Waals surface area (Å²) in [4.78, 5) is 15.3. The van der Waals surface area contributed by atoms with Crippen molar-refractivity contribution in [3.05, 3.63) is 107 Å². The number of amides is 1. The maximum absolute atomic E-state index is 12.8. The number of rotatable bonds is 8. The first-order valence-electron chi connectivity index (χ1n) is 13.3. The molecule has 0 spiro atoms. The number of aromatic nitrogens is 1. The summed E-state index contributed by atoms with van der Waals surface area (Å²) in [6.07, 6.45) is 2.87. The minimum Gasteiger partial charge on any atom is -0.352 e. The van der Waals surface area contributed by atoms with Gasteiger partial charge in [-0.3, -0.25) is 9.69 Å². The Kier molecular flexibility index (Phi) is 7.52. The van der Waals surface area contributed by atoms with E-state index in [-0.39, 0.29) is 11.8 Å². The first-order valence-corrected chi connectivity index (χ1v) is 13.3. The lowest BCUT2D eigenvalue weighted by Crippen LogP contribution is -2.40. The summed E-state index contributed by atoms with van der Waals surface area (Å²) in [6.45, 7) is 8.60. The molecule has 36 heavy (non-hydrogen) atoms. The number of likely N-dealkylation sites (tertiary alicyclic amines) is 1. The maximum Gasteiger partial charge on any atom is 0.223 e. The number of hydrogen-bond donors (Lipinski definition) is 1. The van der Waals surface area contributed by atoms with Crippen molar-refractivity contribution in [2.45, 2.75) is 52.7 Å². The molecule has 0 bridgehead atoms. The molecule has 0 radical (unpaired) electrons. The van der Waals surface area contributed by atoms with Gasteiger partial charge in [0.1, 0.15) is 0 Å². The Labute approximate surface area is 214 Å². The number of piperidine rings is 1. The van der Waals surface area contributed by atoms with Crippen molar-refractivity contribution in [1.82, 2.24) is 14.8 Å². The average Bonchev–Trinajstić information content (AvgIpc) is 3.26. The molecule has 1 fully saturated rings. The van der Waals surface area contributed by atoms with Crippen LogP contribution in [0.1, 0.15) is 47.7 Å². The Morgan fingerprint density at radius 1 is 0.861 bits per heavy atom. The molecule has 2 heterocycles. The average molecular weight is 480 g/mol. The van der Waals surface area contributed by atoms with Crippen molar-refractivity contribution >= 4 is 16.8 Å². The zero-order valence-corrected chi connectivity index (χ0v) is 21.5. The van der Waals surface area contributed by atoms with E-state index in [0.29, 0.717) is 6.54 Å². The van der Waals surface area contributed by atoms with Crippen LogP contribution in [0.2, 0.25) is 0 Å². The van der Waals surface area contributed by atoms with Gasteiger partial charge in [-0.15, -0.1) is 0 Å². The number of aryl methyl sites for hydroxylation is 2. The molecule has 1 aliphatic rings. The Hall–Kier alpha value is -3.37. The van der Waals surface area contributed by atoms with Gasteiger partial charge in [0.05, 0.1) is 0 Å². The Bertz CT molecular complexity index is 1300. The summed E-state index contributed by atoms with van der Waals surface area (Å²) in [6, 6.07) is 28.4. The molecule has 5 rings (SSSR count). The predicted molar refractivity (Wildman–Crippen MR) is 148 cm³/mol. The van der Waals surface area contributed by atoms with Gasteiger partial charge in [-0.25, -0.2) is 0 Å². The van der Waals surface area contributed by atoms with Crippen LogP contribution in [0.3, 0.4) is 0 Å². The van der Waals surface area contributed by atoms with Gasteiger partial charge in [0, 0.05) is 36.8 Å². The lowest BCUT2D eigenvalue weighted by atomic mass is 9.95. The fourth-order valence-electron chi connectivity index (χ4n) is 5.27. The van der Waals surface area contributed by atoms with Crippen molar-refractivity contribution in [1.29, 1.82) is 0 Å². The molecule has 0 atom stereocenters. The summed E-state index contributed by atoms with van der Waals surface area (Å²) in [5.74, 6) is 0.303. The van der Waals surface area contributed by atoms with E-state index < -0.39 is 0 Å².